The second-order valence-electron chi connectivity index (χ2n) is 13.9. The summed E-state index contributed by atoms with van der Waals surface area (Å²) in [7, 11) is 0. The molecule has 0 radical (unpaired) electrons. The molecule has 282 valence electrons. The molecule has 4 aromatic rings. The number of anilines is 1. The van der Waals surface area contributed by atoms with Gasteiger partial charge in [-0.25, -0.2) is 0 Å². The highest BCUT2D eigenvalue weighted by molar-refractivity contribution is 5.96. The van der Waals surface area contributed by atoms with Crippen molar-refractivity contribution in [3.63, 3.8) is 0 Å². The van der Waals surface area contributed by atoms with E-state index < -0.39 is 23.7 Å². The first-order valence-electron chi connectivity index (χ1n) is 18.4. The molecule has 1 atom stereocenters. The van der Waals surface area contributed by atoms with E-state index in [4.69, 9.17) is 0 Å². The maximum absolute atomic E-state index is 14.6. The standard InChI is InChI=1S/C43H46F3N5O3/c1-33(52)48-26-28-49(29-27-48)39-19-14-37(15-20-39)32-51(41(53)21-16-34-12-17-38(18-13-34)43(44,45)46)40(30-35-8-4-2-5-9-35)42(54)50-24-22-47(23-25-50)31-36-10-6-3-7-11-36/h2-21,40H,22-32H2,1H3/b21-16+/t40-/m0/s1. The first-order chi connectivity index (χ1) is 26.0. The number of amides is 3. The first kappa shape index (κ1) is 38.3. The zero-order valence-corrected chi connectivity index (χ0v) is 30.5. The first-order valence-corrected chi connectivity index (χ1v) is 18.4. The number of nitrogens with zero attached hydrogens (tertiary/aromatic N) is 5. The molecule has 2 saturated heterocycles. The van der Waals surface area contributed by atoms with Crippen LogP contribution >= 0.6 is 0 Å². The Hall–Kier alpha value is -5.42. The van der Waals surface area contributed by atoms with E-state index in [9.17, 15) is 27.6 Å². The van der Waals surface area contributed by atoms with Gasteiger partial charge in [0.15, 0.2) is 0 Å². The Morgan fingerprint density at radius 1 is 0.685 bits per heavy atom. The van der Waals surface area contributed by atoms with Crippen LogP contribution < -0.4 is 4.90 Å². The lowest BCUT2D eigenvalue weighted by Gasteiger charge is -2.39. The van der Waals surface area contributed by atoms with E-state index in [0.29, 0.717) is 64.3 Å². The summed E-state index contributed by atoms with van der Waals surface area (Å²) in [6, 6.07) is 31.5. The highest BCUT2D eigenvalue weighted by Crippen LogP contribution is 2.29. The topological polar surface area (TPSA) is 67.4 Å². The van der Waals surface area contributed by atoms with Crippen LogP contribution in [0.15, 0.2) is 115 Å². The van der Waals surface area contributed by atoms with Crippen LogP contribution in [-0.2, 0) is 40.1 Å². The van der Waals surface area contributed by atoms with Gasteiger partial charge in [-0.15, -0.1) is 0 Å². The predicted octanol–water partition coefficient (Wildman–Crippen LogP) is 6.37. The summed E-state index contributed by atoms with van der Waals surface area (Å²) in [5, 5.41) is 0. The molecule has 0 N–H and O–H groups in total. The molecular formula is C43H46F3N5O3. The molecule has 54 heavy (non-hydrogen) atoms. The van der Waals surface area contributed by atoms with Gasteiger partial charge in [0.1, 0.15) is 6.04 Å². The van der Waals surface area contributed by atoms with Crippen LogP contribution in [-0.4, -0.2) is 95.7 Å². The Kier molecular flexibility index (Phi) is 12.5. The van der Waals surface area contributed by atoms with Crippen molar-refractivity contribution in [2.45, 2.75) is 38.7 Å². The average Bonchev–Trinajstić information content (AvgIpc) is 3.19. The van der Waals surface area contributed by atoms with Gasteiger partial charge in [-0.2, -0.15) is 13.2 Å². The van der Waals surface area contributed by atoms with Crippen molar-refractivity contribution in [2.24, 2.45) is 0 Å². The molecule has 0 bridgehead atoms. The number of benzene rings is 4. The minimum Gasteiger partial charge on any atom is -0.368 e. The van der Waals surface area contributed by atoms with E-state index in [0.717, 1.165) is 35.5 Å². The van der Waals surface area contributed by atoms with E-state index >= 15 is 0 Å². The van der Waals surface area contributed by atoms with Crippen molar-refractivity contribution in [2.75, 3.05) is 57.3 Å². The highest BCUT2D eigenvalue weighted by Gasteiger charge is 2.34. The van der Waals surface area contributed by atoms with Gasteiger partial charge in [0.2, 0.25) is 17.7 Å². The third-order valence-electron chi connectivity index (χ3n) is 10.2. The van der Waals surface area contributed by atoms with Crippen LogP contribution in [0, 0.1) is 0 Å². The fraction of sp³-hybridized carbons (Fsp3) is 0.326. The lowest BCUT2D eigenvalue weighted by Crippen LogP contribution is -2.56. The summed E-state index contributed by atoms with van der Waals surface area (Å²) in [5.41, 5.74) is 3.62. The van der Waals surface area contributed by atoms with E-state index in [2.05, 4.69) is 21.9 Å². The molecule has 0 spiro atoms. The number of halogens is 3. The summed E-state index contributed by atoms with van der Waals surface area (Å²) >= 11 is 0. The quantitative estimate of drug-likeness (QED) is 0.168. The second kappa shape index (κ2) is 17.6. The summed E-state index contributed by atoms with van der Waals surface area (Å²) in [5.74, 6) is -0.499. The van der Waals surface area contributed by atoms with Crippen LogP contribution in [0.5, 0.6) is 0 Å². The molecule has 6 rings (SSSR count). The fourth-order valence-corrected chi connectivity index (χ4v) is 7.02. The maximum atomic E-state index is 14.6. The molecular weight excluding hydrogens is 691 g/mol. The molecule has 2 aliphatic rings. The number of alkyl halides is 3. The van der Waals surface area contributed by atoms with Crippen molar-refractivity contribution in [1.82, 2.24) is 19.6 Å². The van der Waals surface area contributed by atoms with Crippen molar-refractivity contribution in [3.8, 4) is 0 Å². The number of carbonyl (C=O) groups excluding carboxylic acids is 3. The molecule has 8 nitrogen and oxygen atoms in total. The lowest BCUT2D eigenvalue weighted by molar-refractivity contribution is -0.145. The van der Waals surface area contributed by atoms with Crippen molar-refractivity contribution in [3.05, 3.63) is 143 Å². The van der Waals surface area contributed by atoms with E-state index in [1.165, 1.54) is 29.8 Å². The highest BCUT2D eigenvalue weighted by atomic mass is 19.4. The van der Waals surface area contributed by atoms with Gasteiger partial charge in [0, 0.05) is 90.6 Å². The monoisotopic (exact) mass is 737 g/mol. The molecule has 4 aromatic carbocycles. The summed E-state index contributed by atoms with van der Waals surface area (Å²) in [6.07, 6.45) is -1.34. The second-order valence-corrected chi connectivity index (χ2v) is 13.9. The maximum Gasteiger partial charge on any atom is 0.416 e. The fourth-order valence-electron chi connectivity index (χ4n) is 7.02. The Balaban J connectivity index is 1.25. The van der Waals surface area contributed by atoms with Crippen LogP contribution in [0.3, 0.4) is 0 Å². The molecule has 0 aliphatic carbocycles. The van der Waals surface area contributed by atoms with E-state index in [1.54, 1.807) is 11.8 Å². The molecule has 11 heteroatoms. The number of hydrogen-bond acceptors (Lipinski definition) is 5. The summed E-state index contributed by atoms with van der Waals surface area (Å²) in [4.78, 5) is 50.5. The van der Waals surface area contributed by atoms with Gasteiger partial charge in [-0.05, 0) is 52.6 Å². The van der Waals surface area contributed by atoms with Gasteiger partial charge < -0.3 is 19.6 Å². The Labute approximate surface area is 315 Å². The van der Waals surface area contributed by atoms with Crippen molar-refractivity contribution >= 4 is 29.5 Å². The molecule has 0 unspecified atom stereocenters. The molecule has 2 fully saturated rings. The van der Waals surface area contributed by atoms with Gasteiger partial charge >= 0.3 is 6.18 Å². The predicted molar refractivity (Wildman–Crippen MR) is 204 cm³/mol. The molecule has 0 saturated carbocycles. The third-order valence-corrected chi connectivity index (χ3v) is 10.2. The zero-order chi connectivity index (χ0) is 38.1. The number of hydrogen-bond donors (Lipinski definition) is 0. The summed E-state index contributed by atoms with van der Waals surface area (Å²) < 4.78 is 39.6. The van der Waals surface area contributed by atoms with Crippen molar-refractivity contribution in [1.29, 1.82) is 0 Å². The van der Waals surface area contributed by atoms with Gasteiger partial charge in [0.25, 0.3) is 0 Å². The smallest absolute Gasteiger partial charge is 0.368 e. The molecule has 2 heterocycles. The summed E-state index contributed by atoms with van der Waals surface area (Å²) in [6.45, 7) is 7.67. The van der Waals surface area contributed by atoms with Crippen LogP contribution in [0.4, 0.5) is 18.9 Å². The molecule has 2 aliphatic heterocycles. The van der Waals surface area contributed by atoms with Gasteiger partial charge in [-0.1, -0.05) is 84.9 Å². The average molecular weight is 738 g/mol. The van der Waals surface area contributed by atoms with Gasteiger partial charge in [0.05, 0.1) is 5.56 Å². The van der Waals surface area contributed by atoms with Crippen LogP contribution in [0.2, 0.25) is 0 Å². The Morgan fingerprint density at radius 2 is 1.26 bits per heavy atom. The largest absolute Gasteiger partial charge is 0.416 e. The zero-order valence-electron chi connectivity index (χ0n) is 30.5. The SMILES string of the molecule is CC(=O)N1CCN(c2ccc(CN(C(=O)/C=C/c3ccc(C(F)(F)F)cc3)[C@@H](Cc3ccccc3)C(=O)N3CCN(Cc4ccccc4)CC3)cc2)CC1. The lowest BCUT2D eigenvalue weighted by atomic mass is 10.0. The Bertz CT molecular complexity index is 1870. The number of rotatable bonds is 11. The van der Waals surface area contributed by atoms with Gasteiger partial charge in [-0.3, -0.25) is 19.3 Å². The van der Waals surface area contributed by atoms with Crippen LogP contribution in [0.1, 0.15) is 34.7 Å². The normalized spacial score (nSPS) is 16.0. The molecule has 0 aromatic heterocycles. The third kappa shape index (κ3) is 10.2. The number of piperazine rings is 2. The van der Waals surface area contributed by atoms with Crippen LogP contribution in [0.25, 0.3) is 6.08 Å². The van der Waals surface area contributed by atoms with E-state index in [1.807, 2.05) is 82.6 Å². The Morgan fingerprint density at radius 3 is 1.83 bits per heavy atom. The minimum atomic E-state index is -4.47. The minimum absolute atomic E-state index is 0.0656. The number of carbonyl (C=O) groups is 3. The molecule has 3 amide bonds. The van der Waals surface area contributed by atoms with Crippen molar-refractivity contribution < 1.29 is 27.6 Å². The van der Waals surface area contributed by atoms with E-state index in [-0.39, 0.29) is 18.4 Å².